The zero-order valence-corrected chi connectivity index (χ0v) is 9.36. The first-order chi connectivity index (χ1) is 7.11. The number of rotatable bonds is 3. The molecule has 0 heterocycles. The molecule has 15 heavy (non-hydrogen) atoms. The van der Waals surface area contributed by atoms with Crippen LogP contribution in [-0.4, -0.2) is 11.1 Å². The number of hydrogen-bond acceptors (Lipinski definition) is 1. The normalized spacial score (nSPS) is 33.2. The van der Waals surface area contributed by atoms with Gasteiger partial charge in [-0.3, -0.25) is 0 Å². The number of allylic oxidation sites excluding steroid dienone is 3. The summed E-state index contributed by atoms with van der Waals surface area (Å²) in [5, 5.41) is 8.69. The summed E-state index contributed by atoms with van der Waals surface area (Å²) >= 11 is 0. The van der Waals surface area contributed by atoms with Crippen molar-refractivity contribution in [2.75, 3.05) is 0 Å². The van der Waals surface area contributed by atoms with E-state index in [-0.39, 0.29) is 0 Å². The lowest BCUT2D eigenvalue weighted by Crippen LogP contribution is -2.24. The second-order valence-electron chi connectivity index (χ2n) is 4.80. The number of fused-ring (bicyclic) bond motifs is 1. The Bertz CT molecular complexity index is 338. The molecule has 1 unspecified atom stereocenters. The fourth-order valence-corrected chi connectivity index (χ4v) is 2.69. The van der Waals surface area contributed by atoms with Gasteiger partial charge >= 0.3 is 5.97 Å². The van der Waals surface area contributed by atoms with Gasteiger partial charge in [0, 0.05) is 12.0 Å². The van der Waals surface area contributed by atoms with Gasteiger partial charge in [-0.1, -0.05) is 31.1 Å². The average molecular weight is 206 g/mol. The molecule has 1 N–H and O–H groups in total. The number of carbonyl (C=O) groups is 1. The third-order valence-electron chi connectivity index (χ3n) is 3.88. The molecule has 0 saturated heterocycles. The van der Waals surface area contributed by atoms with E-state index in [1.54, 1.807) is 5.57 Å². The number of carboxylic acid groups (broad SMARTS) is 1. The van der Waals surface area contributed by atoms with Crippen molar-refractivity contribution in [3.63, 3.8) is 0 Å². The van der Waals surface area contributed by atoms with Crippen LogP contribution in [0.4, 0.5) is 0 Å². The largest absolute Gasteiger partial charge is 0.478 e. The summed E-state index contributed by atoms with van der Waals surface area (Å²) in [6.45, 7) is 4.47. The van der Waals surface area contributed by atoms with Crippen molar-refractivity contribution < 1.29 is 9.90 Å². The Morgan fingerprint density at radius 3 is 3.00 bits per heavy atom. The van der Waals surface area contributed by atoms with Gasteiger partial charge in [-0.25, -0.2) is 4.79 Å². The molecule has 1 fully saturated rings. The van der Waals surface area contributed by atoms with E-state index in [1.165, 1.54) is 18.9 Å². The summed E-state index contributed by atoms with van der Waals surface area (Å²) < 4.78 is 0. The van der Waals surface area contributed by atoms with Crippen molar-refractivity contribution in [1.29, 1.82) is 0 Å². The van der Waals surface area contributed by atoms with Crippen molar-refractivity contribution in [2.24, 2.45) is 17.8 Å². The first-order valence-electron chi connectivity index (χ1n) is 5.75. The van der Waals surface area contributed by atoms with Crippen LogP contribution in [0.5, 0.6) is 0 Å². The molecule has 0 aliphatic heterocycles. The van der Waals surface area contributed by atoms with Crippen molar-refractivity contribution in [2.45, 2.75) is 33.1 Å². The Morgan fingerprint density at radius 1 is 1.67 bits per heavy atom. The monoisotopic (exact) mass is 206 g/mol. The van der Waals surface area contributed by atoms with E-state index in [0.717, 1.165) is 12.0 Å². The molecule has 2 heteroatoms. The van der Waals surface area contributed by atoms with Gasteiger partial charge in [0.2, 0.25) is 0 Å². The summed E-state index contributed by atoms with van der Waals surface area (Å²) in [5.74, 6) is 1.03. The van der Waals surface area contributed by atoms with Gasteiger partial charge in [0.25, 0.3) is 0 Å². The Morgan fingerprint density at radius 2 is 2.40 bits per heavy atom. The highest BCUT2D eigenvalue weighted by atomic mass is 16.4. The van der Waals surface area contributed by atoms with Crippen molar-refractivity contribution in [3.8, 4) is 0 Å². The van der Waals surface area contributed by atoms with Crippen LogP contribution in [0, 0.1) is 17.8 Å². The van der Waals surface area contributed by atoms with Crippen LogP contribution in [0.2, 0.25) is 0 Å². The van der Waals surface area contributed by atoms with E-state index in [2.05, 4.69) is 19.9 Å². The van der Waals surface area contributed by atoms with Gasteiger partial charge in [-0.2, -0.15) is 0 Å². The Kier molecular flexibility index (Phi) is 2.68. The lowest BCUT2D eigenvalue weighted by molar-refractivity contribution is -0.131. The minimum Gasteiger partial charge on any atom is -0.478 e. The summed E-state index contributed by atoms with van der Waals surface area (Å²) in [6, 6.07) is 0. The van der Waals surface area contributed by atoms with E-state index in [0.29, 0.717) is 17.8 Å². The molecular weight excluding hydrogens is 188 g/mol. The molecule has 0 aromatic rings. The van der Waals surface area contributed by atoms with Crippen LogP contribution in [0.25, 0.3) is 0 Å². The molecule has 0 aromatic carbocycles. The quantitative estimate of drug-likeness (QED) is 0.569. The third kappa shape index (κ3) is 1.85. The van der Waals surface area contributed by atoms with E-state index < -0.39 is 5.97 Å². The molecule has 3 atom stereocenters. The van der Waals surface area contributed by atoms with Gasteiger partial charge in [0.05, 0.1) is 0 Å². The smallest absolute Gasteiger partial charge is 0.328 e. The van der Waals surface area contributed by atoms with E-state index in [9.17, 15) is 4.79 Å². The van der Waals surface area contributed by atoms with Crippen LogP contribution in [-0.2, 0) is 4.79 Å². The zero-order chi connectivity index (χ0) is 11.0. The van der Waals surface area contributed by atoms with Crippen molar-refractivity contribution in [1.82, 2.24) is 0 Å². The van der Waals surface area contributed by atoms with Gasteiger partial charge in [-0.05, 0) is 31.1 Å². The standard InChI is InChI=1S/C13H18O2/c1-3-8(2)9-4-10-5-11(7-13(14)15)12(10)6-9/h6-8,10,12H,3-5H2,1-2H3,(H,14,15)/t8?,10-,12-/m0/s1. The fraction of sp³-hybridized carbons (Fsp3) is 0.615. The van der Waals surface area contributed by atoms with Crippen molar-refractivity contribution >= 4 is 5.97 Å². The van der Waals surface area contributed by atoms with Gasteiger partial charge in [-0.15, -0.1) is 0 Å². The highest BCUT2D eigenvalue weighted by molar-refractivity contribution is 5.81. The molecule has 2 nitrogen and oxygen atoms in total. The predicted molar refractivity (Wildman–Crippen MR) is 59.5 cm³/mol. The zero-order valence-electron chi connectivity index (χ0n) is 9.36. The molecule has 0 spiro atoms. The van der Waals surface area contributed by atoms with Crippen LogP contribution in [0.3, 0.4) is 0 Å². The second kappa shape index (κ2) is 3.84. The van der Waals surface area contributed by atoms with Crippen LogP contribution in [0.15, 0.2) is 23.3 Å². The molecule has 0 radical (unpaired) electrons. The van der Waals surface area contributed by atoms with E-state index in [4.69, 9.17) is 5.11 Å². The Balaban J connectivity index is 2.07. The maximum atomic E-state index is 10.6. The van der Waals surface area contributed by atoms with E-state index >= 15 is 0 Å². The van der Waals surface area contributed by atoms with Gasteiger partial charge in [0.15, 0.2) is 0 Å². The maximum Gasteiger partial charge on any atom is 0.328 e. The summed E-state index contributed by atoms with van der Waals surface area (Å²) in [6.07, 6.45) is 7.08. The maximum absolute atomic E-state index is 10.6. The van der Waals surface area contributed by atoms with Crippen molar-refractivity contribution in [3.05, 3.63) is 23.3 Å². The lowest BCUT2D eigenvalue weighted by atomic mass is 9.71. The first kappa shape index (κ1) is 10.5. The third-order valence-corrected chi connectivity index (χ3v) is 3.88. The van der Waals surface area contributed by atoms with Crippen LogP contribution in [0.1, 0.15) is 33.1 Å². The average Bonchev–Trinajstić information content (AvgIpc) is 2.51. The van der Waals surface area contributed by atoms with E-state index in [1.807, 2.05) is 0 Å². The minimum atomic E-state index is -0.797. The molecule has 2 aliphatic rings. The SMILES string of the molecule is CCC(C)C1=C[C@@H]2C(=CC(=O)O)C[C@@H]2C1. The molecule has 82 valence electrons. The molecule has 2 aliphatic carbocycles. The first-order valence-corrected chi connectivity index (χ1v) is 5.75. The molecular formula is C13H18O2. The highest BCUT2D eigenvalue weighted by Crippen LogP contribution is 2.51. The molecule has 0 aromatic heterocycles. The molecule has 0 amide bonds. The second-order valence-corrected chi connectivity index (χ2v) is 4.80. The van der Waals surface area contributed by atoms with Crippen LogP contribution >= 0.6 is 0 Å². The fourth-order valence-electron chi connectivity index (χ4n) is 2.69. The number of carboxylic acids is 1. The summed E-state index contributed by atoms with van der Waals surface area (Å²) in [7, 11) is 0. The number of aliphatic carboxylic acids is 1. The Labute approximate surface area is 90.7 Å². The molecule has 0 bridgehead atoms. The topological polar surface area (TPSA) is 37.3 Å². The Hall–Kier alpha value is -1.05. The van der Waals surface area contributed by atoms with Gasteiger partial charge < -0.3 is 5.11 Å². The highest BCUT2D eigenvalue weighted by Gasteiger charge is 2.40. The number of hydrogen-bond donors (Lipinski definition) is 1. The summed E-state index contributed by atoms with van der Waals surface area (Å²) in [4.78, 5) is 10.6. The predicted octanol–water partition coefficient (Wildman–Crippen LogP) is 3.01. The molecule has 1 saturated carbocycles. The minimum absolute atomic E-state index is 0.449. The lowest BCUT2D eigenvalue weighted by Gasteiger charge is -2.33. The summed E-state index contributed by atoms with van der Waals surface area (Å²) in [5.41, 5.74) is 2.66. The van der Waals surface area contributed by atoms with Gasteiger partial charge in [0.1, 0.15) is 0 Å². The molecule has 2 rings (SSSR count). The van der Waals surface area contributed by atoms with Crippen LogP contribution < -0.4 is 0 Å².